The van der Waals surface area contributed by atoms with Gasteiger partial charge in [-0.05, 0) is 12.3 Å². The van der Waals surface area contributed by atoms with Crippen LogP contribution < -0.4 is 0 Å². The topological polar surface area (TPSA) is 38.7 Å². The number of aliphatic hydroxyl groups is 1. The Balaban J connectivity index is 2.11. The van der Waals surface area contributed by atoms with Gasteiger partial charge in [0.2, 0.25) is 0 Å². The van der Waals surface area contributed by atoms with Crippen molar-refractivity contribution in [2.75, 3.05) is 20.0 Å². The molecular formula is C7H14O3. The number of hydrogen-bond acceptors (Lipinski definition) is 3. The molecule has 0 amide bonds. The van der Waals surface area contributed by atoms with Crippen LogP contribution in [0.1, 0.15) is 13.3 Å². The van der Waals surface area contributed by atoms with E-state index in [4.69, 9.17) is 14.6 Å². The maximum atomic E-state index is 8.70. The highest BCUT2D eigenvalue weighted by molar-refractivity contribution is 4.63. The molecule has 0 spiro atoms. The first-order valence-electron chi connectivity index (χ1n) is 3.63. The molecule has 0 aliphatic carbocycles. The first-order chi connectivity index (χ1) is 4.83. The molecule has 3 heteroatoms. The summed E-state index contributed by atoms with van der Waals surface area (Å²) < 4.78 is 10.2. The zero-order chi connectivity index (χ0) is 7.40. The summed E-state index contributed by atoms with van der Waals surface area (Å²) in [6.07, 6.45) is 1.11. The second-order valence-corrected chi connectivity index (χ2v) is 2.80. The van der Waals surface area contributed by atoms with Gasteiger partial charge in [-0.25, -0.2) is 0 Å². The second-order valence-electron chi connectivity index (χ2n) is 2.80. The predicted molar refractivity (Wildman–Crippen MR) is 36.6 cm³/mol. The molecule has 1 aliphatic rings. The molecule has 0 bridgehead atoms. The van der Waals surface area contributed by atoms with Crippen molar-refractivity contribution in [2.45, 2.75) is 19.4 Å². The van der Waals surface area contributed by atoms with Crippen LogP contribution >= 0.6 is 0 Å². The lowest BCUT2D eigenvalue weighted by Gasteiger charge is -2.11. The van der Waals surface area contributed by atoms with Crippen molar-refractivity contribution >= 4 is 0 Å². The molecule has 1 rings (SSSR count). The normalized spacial score (nSPS) is 28.8. The highest BCUT2D eigenvalue weighted by Gasteiger charge is 2.18. The minimum Gasteiger partial charge on any atom is -0.396 e. The summed E-state index contributed by atoms with van der Waals surface area (Å²) >= 11 is 0. The Morgan fingerprint density at radius 3 is 3.00 bits per heavy atom. The molecule has 1 N–H and O–H groups in total. The average Bonchev–Trinajstić information content (AvgIpc) is 2.40. The van der Waals surface area contributed by atoms with Crippen molar-refractivity contribution < 1.29 is 14.6 Å². The van der Waals surface area contributed by atoms with Crippen LogP contribution in [0.25, 0.3) is 0 Å². The van der Waals surface area contributed by atoms with Crippen LogP contribution in [0.15, 0.2) is 0 Å². The van der Waals surface area contributed by atoms with E-state index in [1.165, 1.54) is 0 Å². The Kier molecular flexibility index (Phi) is 3.12. The number of rotatable bonds is 3. The Morgan fingerprint density at radius 1 is 1.70 bits per heavy atom. The highest BCUT2D eigenvalue weighted by atomic mass is 16.7. The third-order valence-electron chi connectivity index (χ3n) is 1.67. The van der Waals surface area contributed by atoms with Gasteiger partial charge in [-0.1, -0.05) is 6.92 Å². The first-order valence-corrected chi connectivity index (χ1v) is 3.63. The molecule has 10 heavy (non-hydrogen) atoms. The Bertz CT molecular complexity index is 88.9. The van der Waals surface area contributed by atoms with Crippen LogP contribution in [0.3, 0.4) is 0 Å². The van der Waals surface area contributed by atoms with Gasteiger partial charge in [-0.15, -0.1) is 0 Å². The van der Waals surface area contributed by atoms with E-state index in [2.05, 4.69) is 0 Å². The van der Waals surface area contributed by atoms with Crippen LogP contribution in [0.5, 0.6) is 0 Å². The summed E-state index contributed by atoms with van der Waals surface area (Å²) in [4.78, 5) is 0. The van der Waals surface area contributed by atoms with Gasteiger partial charge in [0.1, 0.15) is 6.79 Å². The molecule has 1 fully saturated rings. The van der Waals surface area contributed by atoms with Gasteiger partial charge < -0.3 is 14.6 Å². The van der Waals surface area contributed by atoms with Crippen molar-refractivity contribution in [1.29, 1.82) is 0 Å². The lowest BCUT2D eigenvalue weighted by Crippen LogP contribution is -2.15. The maximum absolute atomic E-state index is 8.70. The molecule has 0 radical (unpaired) electrons. The standard InChI is InChI=1S/C7H14O3/c1-6(3-8)2-7-4-9-5-10-7/h6-8H,2-5H2,1H3. The molecule has 1 saturated heterocycles. The Labute approximate surface area is 60.9 Å². The van der Waals surface area contributed by atoms with E-state index >= 15 is 0 Å². The molecule has 0 aromatic rings. The maximum Gasteiger partial charge on any atom is 0.147 e. The molecule has 0 aromatic heterocycles. The largest absolute Gasteiger partial charge is 0.396 e. The summed E-state index contributed by atoms with van der Waals surface area (Å²) in [5.41, 5.74) is 0. The quantitative estimate of drug-likeness (QED) is 0.625. The molecular weight excluding hydrogens is 132 g/mol. The van der Waals surface area contributed by atoms with E-state index in [0.717, 1.165) is 6.42 Å². The van der Waals surface area contributed by atoms with Gasteiger partial charge in [0.25, 0.3) is 0 Å². The van der Waals surface area contributed by atoms with Crippen molar-refractivity contribution in [2.24, 2.45) is 5.92 Å². The number of ether oxygens (including phenoxy) is 2. The monoisotopic (exact) mass is 146 g/mol. The predicted octanol–water partition coefficient (Wildman–Crippen LogP) is 0.378. The SMILES string of the molecule is CC(CO)CC1COCO1. The van der Waals surface area contributed by atoms with Crippen LogP contribution in [0.4, 0.5) is 0 Å². The molecule has 0 aromatic carbocycles. The second kappa shape index (κ2) is 3.91. The van der Waals surface area contributed by atoms with E-state index in [1.807, 2.05) is 6.92 Å². The van der Waals surface area contributed by atoms with Gasteiger partial charge >= 0.3 is 0 Å². The van der Waals surface area contributed by atoms with E-state index in [9.17, 15) is 0 Å². The summed E-state index contributed by atoms with van der Waals surface area (Å²) in [5, 5.41) is 8.70. The molecule has 2 atom stereocenters. The summed E-state index contributed by atoms with van der Waals surface area (Å²) in [6, 6.07) is 0. The first kappa shape index (κ1) is 7.98. The molecule has 0 saturated carbocycles. The molecule has 60 valence electrons. The van der Waals surface area contributed by atoms with E-state index in [1.54, 1.807) is 0 Å². The average molecular weight is 146 g/mol. The van der Waals surface area contributed by atoms with E-state index in [0.29, 0.717) is 19.3 Å². The van der Waals surface area contributed by atoms with Crippen LogP contribution in [0, 0.1) is 5.92 Å². The minimum atomic E-state index is 0.210. The fraction of sp³-hybridized carbons (Fsp3) is 1.00. The third kappa shape index (κ3) is 2.25. The fourth-order valence-corrected chi connectivity index (χ4v) is 1.03. The van der Waals surface area contributed by atoms with Crippen molar-refractivity contribution in [1.82, 2.24) is 0 Å². The third-order valence-corrected chi connectivity index (χ3v) is 1.67. The smallest absolute Gasteiger partial charge is 0.147 e. The minimum absolute atomic E-state index is 0.210. The van der Waals surface area contributed by atoms with E-state index < -0.39 is 0 Å². The van der Waals surface area contributed by atoms with Crippen LogP contribution in [-0.4, -0.2) is 31.2 Å². The molecule has 1 aliphatic heterocycles. The lowest BCUT2D eigenvalue weighted by atomic mass is 10.1. The van der Waals surface area contributed by atoms with Gasteiger partial charge in [0.15, 0.2) is 0 Å². The van der Waals surface area contributed by atoms with Crippen LogP contribution in [0.2, 0.25) is 0 Å². The molecule has 3 nitrogen and oxygen atoms in total. The van der Waals surface area contributed by atoms with Crippen molar-refractivity contribution in [3.8, 4) is 0 Å². The zero-order valence-corrected chi connectivity index (χ0v) is 6.25. The van der Waals surface area contributed by atoms with Crippen molar-refractivity contribution in [3.05, 3.63) is 0 Å². The van der Waals surface area contributed by atoms with E-state index in [-0.39, 0.29) is 12.7 Å². The zero-order valence-electron chi connectivity index (χ0n) is 6.25. The fourth-order valence-electron chi connectivity index (χ4n) is 1.03. The summed E-state index contributed by atoms with van der Waals surface area (Å²) in [7, 11) is 0. The molecule has 2 unspecified atom stereocenters. The summed E-state index contributed by atoms with van der Waals surface area (Å²) in [6.45, 7) is 3.34. The Morgan fingerprint density at radius 2 is 2.50 bits per heavy atom. The van der Waals surface area contributed by atoms with Gasteiger partial charge in [-0.3, -0.25) is 0 Å². The van der Waals surface area contributed by atoms with Gasteiger partial charge in [0, 0.05) is 6.61 Å². The number of hydrogen-bond donors (Lipinski definition) is 1. The highest BCUT2D eigenvalue weighted by Crippen LogP contribution is 2.12. The van der Waals surface area contributed by atoms with Gasteiger partial charge in [-0.2, -0.15) is 0 Å². The summed E-state index contributed by atoms with van der Waals surface area (Å²) in [5.74, 6) is 0.326. The number of aliphatic hydroxyl groups excluding tert-OH is 1. The van der Waals surface area contributed by atoms with Crippen LogP contribution in [-0.2, 0) is 9.47 Å². The van der Waals surface area contributed by atoms with Crippen molar-refractivity contribution in [3.63, 3.8) is 0 Å². The Hall–Kier alpha value is -0.120. The molecule has 1 heterocycles. The van der Waals surface area contributed by atoms with Gasteiger partial charge in [0.05, 0.1) is 12.7 Å². The lowest BCUT2D eigenvalue weighted by molar-refractivity contribution is 0.0375.